The fraction of sp³-hybridized carbons (Fsp3) is 0.571. The molecule has 1 aromatic carbocycles. The largest absolute Gasteiger partial charge is 0.491 e. The van der Waals surface area contributed by atoms with Crippen LogP contribution in [0.4, 0.5) is 15.8 Å². The highest BCUT2D eigenvalue weighted by Gasteiger charge is 2.08. The number of nitrogen functional groups attached to an aromatic ring is 1. The van der Waals surface area contributed by atoms with Crippen LogP contribution in [0.25, 0.3) is 0 Å². The van der Waals surface area contributed by atoms with Gasteiger partial charge in [-0.25, -0.2) is 4.39 Å². The van der Waals surface area contributed by atoms with E-state index in [1.165, 1.54) is 6.07 Å². The van der Waals surface area contributed by atoms with E-state index in [4.69, 9.17) is 10.5 Å². The lowest BCUT2D eigenvalue weighted by Crippen LogP contribution is -2.14. The minimum absolute atomic E-state index is 0.243. The molecule has 0 saturated heterocycles. The molecule has 3 N–H and O–H groups in total. The number of halogens is 1. The molecule has 0 saturated carbocycles. The van der Waals surface area contributed by atoms with Crippen molar-refractivity contribution in [2.24, 2.45) is 0 Å². The van der Waals surface area contributed by atoms with E-state index in [1.807, 2.05) is 6.92 Å². The van der Waals surface area contributed by atoms with Gasteiger partial charge in [-0.05, 0) is 40.4 Å². The van der Waals surface area contributed by atoms with Gasteiger partial charge in [0.05, 0.1) is 18.0 Å². The SMILES string of the molecule is CCOc1cc(NCCCCN(C)C)c(N)cc1F. The van der Waals surface area contributed by atoms with Crippen molar-refractivity contribution in [3.63, 3.8) is 0 Å². The van der Waals surface area contributed by atoms with Gasteiger partial charge in [0.1, 0.15) is 0 Å². The Morgan fingerprint density at radius 3 is 2.68 bits per heavy atom. The Bertz CT molecular complexity index is 397. The number of anilines is 2. The molecule has 5 heteroatoms. The molecule has 0 heterocycles. The standard InChI is InChI=1S/C14H24FN3O/c1-4-19-14-10-13(12(16)9-11(14)15)17-7-5-6-8-18(2)3/h9-10,17H,4-8,16H2,1-3H3. The molecular formula is C14H24FN3O. The Morgan fingerprint density at radius 2 is 2.05 bits per heavy atom. The van der Waals surface area contributed by atoms with Crippen LogP contribution in [0.1, 0.15) is 19.8 Å². The number of hydrogen-bond donors (Lipinski definition) is 2. The van der Waals surface area contributed by atoms with Gasteiger partial charge in [-0.1, -0.05) is 0 Å². The van der Waals surface area contributed by atoms with E-state index in [1.54, 1.807) is 6.07 Å². The molecule has 0 aliphatic heterocycles. The molecule has 0 fully saturated rings. The molecule has 1 aromatic rings. The van der Waals surface area contributed by atoms with Gasteiger partial charge in [-0.3, -0.25) is 0 Å². The Kier molecular flexibility index (Phi) is 6.42. The summed E-state index contributed by atoms with van der Waals surface area (Å²) in [6.07, 6.45) is 2.15. The zero-order chi connectivity index (χ0) is 14.3. The molecule has 0 bridgehead atoms. The minimum atomic E-state index is -0.419. The average Bonchev–Trinajstić information content (AvgIpc) is 2.33. The second kappa shape index (κ2) is 7.84. The number of nitrogens with one attached hydrogen (secondary N) is 1. The summed E-state index contributed by atoms with van der Waals surface area (Å²) in [5.74, 6) is -0.176. The lowest BCUT2D eigenvalue weighted by atomic mass is 10.2. The molecule has 0 radical (unpaired) electrons. The predicted molar refractivity (Wildman–Crippen MR) is 78.3 cm³/mol. The maximum atomic E-state index is 13.5. The smallest absolute Gasteiger partial charge is 0.167 e. The summed E-state index contributed by atoms with van der Waals surface area (Å²) in [5.41, 5.74) is 6.93. The lowest BCUT2D eigenvalue weighted by Gasteiger charge is -2.13. The maximum absolute atomic E-state index is 13.5. The maximum Gasteiger partial charge on any atom is 0.167 e. The van der Waals surface area contributed by atoms with Crippen molar-refractivity contribution in [1.29, 1.82) is 0 Å². The molecule has 0 aliphatic carbocycles. The summed E-state index contributed by atoms with van der Waals surface area (Å²) in [4.78, 5) is 2.15. The minimum Gasteiger partial charge on any atom is -0.491 e. The van der Waals surface area contributed by atoms with Crippen molar-refractivity contribution in [2.75, 3.05) is 44.8 Å². The van der Waals surface area contributed by atoms with E-state index < -0.39 is 5.82 Å². The Balaban J connectivity index is 2.50. The van der Waals surface area contributed by atoms with Crippen molar-refractivity contribution in [3.05, 3.63) is 17.9 Å². The monoisotopic (exact) mass is 269 g/mol. The highest BCUT2D eigenvalue weighted by Crippen LogP contribution is 2.28. The first kappa shape index (κ1) is 15.6. The first-order valence-corrected chi connectivity index (χ1v) is 6.65. The molecule has 1 rings (SSSR count). The highest BCUT2D eigenvalue weighted by molar-refractivity contribution is 5.68. The zero-order valence-corrected chi connectivity index (χ0v) is 12.0. The fourth-order valence-corrected chi connectivity index (χ4v) is 1.76. The second-order valence-corrected chi connectivity index (χ2v) is 4.74. The number of benzene rings is 1. The van der Waals surface area contributed by atoms with E-state index in [9.17, 15) is 4.39 Å². The third-order valence-electron chi connectivity index (χ3n) is 2.75. The van der Waals surface area contributed by atoms with Crippen molar-refractivity contribution in [1.82, 2.24) is 4.90 Å². The zero-order valence-electron chi connectivity index (χ0n) is 12.0. The van der Waals surface area contributed by atoms with Gasteiger partial charge < -0.3 is 20.7 Å². The van der Waals surface area contributed by atoms with Crippen molar-refractivity contribution >= 4 is 11.4 Å². The van der Waals surface area contributed by atoms with E-state index in [-0.39, 0.29) is 5.75 Å². The molecular weight excluding hydrogens is 245 g/mol. The van der Waals surface area contributed by atoms with Gasteiger partial charge in [-0.15, -0.1) is 0 Å². The summed E-state index contributed by atoms with van der Waals surface area (Å²) >= 11 is 0. The van der Waals surface area contributed by atoms with Crippen LogP contribution in [0.2, 0.25) is 0 Å². The molecule has 19 heavy (non-hydrogen) atoms. The van der Waals surface area contributed by atoms with Crippen LogP contribution in [0.3, 0.4) is 0 Å². The first-order valence-electron chi connectivity index (χ1n) is 6.65. The molecule has 0 amide bonds. The summed E-state index contributed by atoms with van der Waals surface area (Å²) in [6, 6.07) is 2.92. The number of nitrogens with zero attached hydrogens (tertiary/aromatic N) is 1. The number of unbranched alkanes of at least 4 members (excludes halogenated alkanes) is 1. The van der Waals surface area contributed by atoms with Crippen molar-refractivity contribution in [3.8, 4) is 5.75 Å². The van der Waals surface area contributed by atoms with Gasteiger partial charge in [0.15, 0.2) is 11.6 Å². The Labute approximate surface area is 114 Å². The molecule has 108 valence electrons. The lowest BCUT2D eigenvalue weighted by molar-refractivity contribution is 0.322. The molecule has 0 aliphatic rings. The van der Waals surface area contributed by atoms with E-state index in [0.717, 1.165) is 31.6 Å². The van der Waals surface area contributed by atoms with Gasteiger partial charge in [0.25, 0.3) is 0 Å². The quantitative estimate of drug-likeness (QED) is 0.562. The van der Waals surface area contributed by atoms with Gasteiger partial charge in [0, 0.05) is 18.7 Å². The van der Waals surface area contributed by atoms with Crippen molar-refractivity contribution < 1.29 is 9.13 Å². The number of ether oxygens (including phenoxy) is 1. The van der Waals surface area contributed by atoms with Crippen LogP contribution in [-0.2, 0) is 0 Å². The first-order chi connectivity index (χ1) is 9.04. The Morgan fingerprint density at radius 1 is 1.32 bits per heavy atom. The summed E-state index contributed by atoms with van der Waals surface area (Å²) in [5, 5.41) is 3.22. The third-order valence-corrected chi connectivity index (χ3v) is 2.75. The molecule has 0 aromatic heterocycles. The van der Waals surface area contributed by atoms with Gasteiger partial charge >= 0.3 is 0 Å². The van der Waals surface area contributed by atoms with Gasteiger partial charge in [-0.2, -0.15) is 0 Å². The predicted octanol–water partition coefficient (Wildman–Crippen LogP) is 2.56. The van der Waals surface area contributed by atoms with Crippen LogP contribution >= 0.6 is 0 Å². The summed E-state index contributed by atoms with van der Waals surface area (Å²) < 4.78 is 18.7. The normalized spacial score (nSPS) is 10.8. The molecule has 0 unspecified atom stereocenters. The molecule has 0 spiro atoms. The Hall–Kier alpha value is -1.49. The fourth-order valence-electron chi connectivity index (χ4n) is 1.76. The highest BCUT2D eigenvalue weighted by atomic mass is 19.1. The van der Waals surface area contributed by atoms with E-state index in [2.05, 4.69) is 24.3 Å². The number of hydrogen-bond acceptors (Lipinski definition) is 4. The van der Waals surface area contributed by atoms with Crippen molar-refractivity contribution in [2.45, 2.75) is 19.8 Å². The summed E-state index contributed by atoms with van der Waals surface area (Å²) in [6.45, 7) is 4.13. The van der Waals surface area contributed by atoms with E-state index >= 15 is 0 Å². The number of nitrogens with two attached hydrogens (primary N) is 1. The number of rotatable bonds is 8. The van der Waals surface area contributed by atoms with Gasteiger partial charge in [0.2, 0.25) is 0 Å². The van der Waals surface area contributed by atoms with E-state index in [0.29, 0.717) is 12.3 Å². The van der Waals surface area contributed by atoms with Crippen LogP contribution in [0.5, 0.6) is 5.75 Å². The molecule has 0 atom stereocenters. The molecule has 4 nitrogen and oxygen atoms in total. The van der Waals surface area contributed by atoms with Crippen LogP contribution < -0.4 is 15.8 Å². The van der Waals surface area contributed by atoms with Crippen LogP contribution in [-0.4, -0.2) is 38.7 Å². The average molecular weight is 269 g/mol. The second-order valence-electron chi connectivity index (χ2n) is 4.74. The summed E-state index contributed by atoms with van der Waals surface area (Å²) in [7, 11) is 4.11. The third kappa shape index (κ3) is 5.34. The van der Waals surface area contributed by atoms with Crippen LogP contribution in [0.15, 0.2) is 12.1 Å². The topological polar surface area (TPSA) is 50.5 Å². The van der Waals surface area contributed by atoms with Crippen LogP contribution in [0, 0.1) is 5.82 Å².